The highest BCUT2D eigenvalue weighted by Crippen LogP contribution is 2.40. The van der Waals surface area contributed by atoms with Gasteiger partial charge in [0.05, 0.1) is 51.4 Å². The average Bonchev–Trinajstić information content (AvgIpc) is 4.22. The normalized spacial score (nSPS) is 20.5. The molecule has 0 aliphatic carbocycles. The van der Waals surface area contributed by atoms with Crippen LogP contribution in [-0.4, -0.2) is 166 Å². The first-order valence-corrected chi connectivity index (χ1v) is 32.3. The predicted molar refractivity (Wildman–Crippen MR) is 329 cm³/mol. The number of benzene rings is 3. The zero-order valence-corrected chi connectivity index (χ0v) is 52.5. The maximum atomic E-state index is 14.6. The highest BCUT2D eigenvalue weighted by Gasteiger charge is 2.47. The number of primary amides is 1. The monoisotopic (exact) mass is 1270 g/mol. The van der Waals surface area contributed by atoms with Crippen LogP contribution < -0.4 is 31.7 Å². The fraction of sp³-hybridized carbons (Fsp3) is 0.492. The van der Waals surface area contributed by atoms with E-state index in [0.717, 1.165) is 27.3 Å². The Labute approximate surface area is 518 Å². The smallest absolute Gasteiger partial charge is 0.396 e. The van der Waals surface area contributed by atoms with E-state index < -0.39 is 90.7 Å². The summed E-state index contributed by atoms with van der Waals surface area (Å²) < 4.78 is 17.8. The Bertz CT molecular complexity index is 3460. The minimum absolute atomic E-state index is 0.0313. The Morgan fingerprint density at radius 3 is 2.33 bits per heavy atom. The van der Waals surface area contributed by atoms with E-state index in [9.17, 15) is 62.9 Å². The molecule has 0 spiro atoms. The first-order chi connectivity index (χ1) is 41.6. The van der Waals surface area contributed by atoms with Crippen molar-refractivity contribution in [2.24, 2.45) is 11.1 Å². The summed E-state index contributed by atoms with van der Waals surface area (Å²) in [7, 11) is -5.09. The van der Waals surface area contributed by atoms with E-state index in [4.69, 9.17) is 22.1 Å². The van der Waals surface area contributed by atoms with Crippen LogP contribution in [0.4, 0.5) is 0 Å². The first kappa shape index (κ1) is 66.9. The quantitative estimate of drug-likeness (QED) is 0.0287. The highest BCUT2D eigenvalue weighted by atomic mass is 35.5. The number of unbranched alkanes of at least 4 members (excludes halogenated alkanes) is 1. The van der Waals surface area contributed by atoms with Gasteiger partial charge in [-0.05, 0) is 118 Å². The lowest BCUT2D eigenvalue weighted by molar-refractivity contribution is -0.145. The molecular formula is C61H78ClN10O14PS. The third kappa shape index (κ3) is 16.4. The Hall–Kier alpha value is -7.09. The van der Waals surface area contributed by atoms with Crippen molar-refractivity contribution in [3.05, 3.63) is 105 Å². The van der Waals surface area contributed by atoms with Gasteiger partial charge in [0.1, 0.15) is 36.4 Å². The number of ether oxygens (including phenoxy) is 1. The number of amides is 7. The van der Waals surface area contributed by atoms with E-state index in [0.29, 0.717) is 48.4 Å². The van der Waals surface area contributed by atoms with Crippen molar-refractivity contribution in [1.29, 1.82) is 0 Å². The number of aromatic nitrogens is 2. The summed E-state index contributed by atoms with van der Waals surface area (Å²) in [6, 6.07) is 12.6. The number of aromatic amines is 1. The Balaban J connectivity index is 0.851. The third-order valence-corrected chi connectivity index (χ3v) is 18.8. The van der Waals surface area contributed by atoms with Gasteiger partial charge >= 0.3 is 7.60 Å². The number of nitrogens with one attached hydrogen (secondary N) is 5. The number of aliphatic hydroxyl groups is 2. The maximum Gasteiger partial charge on any atom is 0.396 e. The lowest BCUT2D eigenvalue weighted by atomic mass is 9.84. The molecule has 2 aromatic heterocycles. The SMILES string of the molecule is CC(=O)N1CC[C@H]2CC[C@@H](C(=O)N[C@@H](CCC(N)=O)COc3cccc(CCCCC(=O)N[C@H](C(O)N4C[C@@H](O)C[C@H]4C(=O)N[C@@H](C)c4ccc(-c5scnc5C)cc4)C(C)(C)C)c3Cl)N2C(=O)[C@@H](NC(=O)c2cc3cc(C(=O)P(=O)(O)O)ccc3[nH]2)C1. The second-order valence-electron chi connectivity index (χ2n) is 24.1. The molecular weight excluding hydrogens is 1200 g/mol. The van der Waals surface area contributed by atoms with Gasteiger partial charge in [-0.1, -0.05) is 68.8 Å². The summed E-state index contributed by atoms with van der Waals surface area (Å²) in [5, 5.41) is 35.0. The second kappa shape index (κ2) is 28.6. The van der Waals surface area contributed by atoms with Crippen molar-refractivity contribution < 1.29 is 67.7 Å². The van der Waals surface area contributed by atoms with Crippen molar-refractivity contribution in [1.82, 2.24) is 45.9 Å². The maximum absolute atomic E-state index is 14.6. The minimum Gasteiger partial charge on any atom is -0.490 e. The van der Waals surface area contributed by atoms with E-state index in [1.807, 2.05) is 65.0 Å². The number of nitrogens with two attached hydrogens (primary N) is 1. The largest absolute Gasteiger partial charge is 0.490 e. The average molecular weight is 1270 g/mol. The van der Waals surface area contributed by atoms with Gasteiger partial charge in [-0.25, -0.2) is 4.98 Å². The van der Waals surface area contributed by atoms with Crippen LogP contribution in [0.3, 0.4) is 0 Å². The van der Waals surface area contributed by atoms with Crippen LogP contribution in [0.2, 0.25) is 5.02 Å². The Morgan fingerprint density at radius 1 is 0.932 bits per heavy atom. The van der Waals surface area contributed by atoms with Crippen LogP contribution in [0.15, 0.2) is 72.2 Å². The summed E-state index contributed by atoms with van der Waals surface area (Å²) in [6.45, 7) is 10.7. The molecule has 27 heteroatoms. The number of hydrogen-bond donors (Lipinski definition) is 10. The lowest BCUT2D eigenvalue weighted by Gasteiger charge is -2.40. The van der Waals surface area contributed by atoms with Crippen LogP contribution in [0.1, 0.15) is 136 Å². The molecule has 3 aliphatic rings. The standard InChI is InChI=1S/C61H78ClN10O14PS/c1-33(36-14-16-38(17-15-36)53-34(2)64-32-88-53)65-57(79)48-28-43(74)29-71(48)59(81)54(61(4,5)6)69-51(76)13-8-7-10-37-11-9-12-49(52(37)62)86-31-41(19-23-50(63)75)66-56(78)47-22-20-42-24-25-70(35(3)73)30-46(58(80)72(42)47)68-55(77)45-27-40-26-39(18-21-44(40)67-45)60(82)87(83,84)85/h9,11-12,14-18,21,26-27,32-33,41-43,46-48,54,59,67,74,81H,7-8,10,13,19-20,22-25,28-31H2,1-6H3,(H2,63,75)(H,65,79)(H,66,78)(H,68,77)(H,69,76)(H2,83,84,85)/t33-,41-,42+,43-,46-,47-,48-,54+,59?/m0/s1. The number of H-pyrrole nitrogens is 1. The third-order valence-electron chi connectivity index (χ3n) is 16.6. The number of rotatable bonds is 24. The van der Waals surface area contributed by atoms with E-state index in [2.05, 4.69) is 31.2 Å². The van der Waals surface area contributed by atoms with E-state index in [1.165, 1.54) is 41.0 Å². The number of carbonyl (C=O) groups is 8. The van der Waals surface area contributed by atoms with Gasteiger partial charge in [0, 0.05) is 61.9 Å². The van der Waals surface area contributed by atoms with E-state index >= 15 is 0 Å². The molecule has 3 fully saturated rings. The number of thiazole rings is 1. The number of aryl methyl sites for hydroxylation is 2. The fourth-order valence-corrected chi connectivity index (χ4v) is 13.3. The molecule has 474 valence electrons. The number of β-amino-alcohol motifs (C(OH)–C–C–N with tert-alkyl or cyclic N) is 1. The molecule has 3 saturated heterocycles. The van der Waals surface area contributed by atoms with Crippen molar-refractivity contribution in [3.8, 4) is 16.2 Å². The number of nitrogens with zero attached hydrogens (tertiary/aromatic N) is 4. The minimum atomic E-state index is -5.09. The second-order valence-corrected chi connectivity index (χ2v) is 26.8. The molecule has 0 bridgehead atoms. The van der Waals surface area contributed by atoms with Crippen LogP contribution in [0.5, 0.6) is 5.75 Å². The van der Waals surface area contributed by atoms with E-state index in [1.54, 1.807) is 33.9 Å². The molecule has 7 amide bonds. The molecule has 0 saturated carbocycles. The zero-order chi connectivity index (χ0) is 63.9. The number of carbonyl (C=O) groups excluding carboxylic acids is 8. The van der Waals surface area contributed by atoms with Crippen LogP contribution >= 0.6 is 30.5 Å². The van der Waals surface area contributed by atoms with Crippen LogP contribution in [-0.2, 0) is 39.8 Å². The van der Waals surface area contributed by atoms with Crippen LogP contribution in [0, 0.1) is 12.3 Å². The van der Waals surface area contributed by atoms with Gasteiger partial charge in [-0.2, -0.15) is 0 Å². The highest BCUT2D eigenvalue weighted by molar-refractivity contribution is 7.70. The zero-order valence-electron chi connectivity index (χ0n) is 50.0. The molecule has 88 heavy (non-hydrogen) atoms. The van der Waals surface area contributed by atoms with Crippen LogP contribution in [0.25, 0.3) is 21.3 Å². The first-order valence-electron chi connectivity index (χ1n) is 29.4. The van der Waals surface area contributed by atoms with Gasteiger partial charge < -0.3 is 66.5 Å². The summed E-state index contributed by atoms with van der Waals surface area (Å²) in [5.74, 6) is -3.24. The van der Waals surface area contributed by atoms with Gasteiger partial charge in [-0.15, -0.1) is 11.3 Å². The molecule has 8 rings (SSSR count). The van der Waals surface area contributed by atoms with Gasteiger partial charge in [0.25, 0.3) is 11.4 Å². The van der Waals surface area contributed by atoms with Gasteiger partial charge in [0.15, 0.2) is 0 Å². The summed E-state index contributed by atoms with van der Waals surface area (Å²) in [5.41, 5.74) is 8.92. The van der Waals surface area contributed by atoms with Gasteiger partial charge in [0.2, 0.25) is 35.4 Å². The number of hydrogen-bond acceptors (Lipinski definition) is 15. The van der Waals surface area contributed by atoms with Gasteiger partial charge in [-0.3, -0.25) is 47.8 Å². The van der Waals surface area contributed by atoms with Crippen molar-refractivity contribution in [2.45, 2.75) is 160 Å². The molecule has 9 atom stereocenters. The van der Waals surface area contributed by atoms with Crippen molar-refractivity contribution in [3.63, 3.8) is 0 Å². The Kier molecular flexibility index (Phi) is 21.7. The molecule has 24 nitrogen and oxygen atoms in total. The molecule has 3 aromatic carbocycles. The molecule has 11 N–H and O–H groups in total. The Morgan fingerprint density at radius 2 is 1.66 bits per heavy atom. The summed E-state index contributed by atoms with van der Waals surface area (Å²) >= 11 is 8.48. The number of halogens is 1. The fourth-order valence-electron chi connectivity index (χ4n) is 11.7. The summed E-state index contributed by atoms with van der Waals surface area (Å²) in [6.07, 6.45) is 0.438. The van der Waals surface area contributed by atoms with Crippen molar-refractivity contribution >= 4 is 88.3 Å². The molecule has 5 heterocycles. The predicted octanol–water partition coefficient (Wildman–Crippen LogP) is 4.99. The number of fused-ring (bicyclic) bond motifs is 2. The lowest BCUT2D eigenvalue weighted by Crippen LogP contribution is -2.61. The molecule has 1 unspecified atom stereocenters. The topological polar surface area (TPSA) is 356 Å². The molecule has 3 aliphatic heterocycles. The molecule has 5 aromatic rings. The number of aliphatic hydroxyl groups excluding tert-OH is 2. The van der Waals surface area contributed by atoms with E-state index in [-0.39, 0.29) is 98.8 Å². The molecule has 0 radical (unpaired) electrons. The number of likely N-dealkylation sites (tertiary alicyclic amines) is 1. The summed E-state index contributed by atoms with van der Waals surface area (Å²) in [4.78, 5) is 139. The van der Waals surface area contributed by atoms with Crippen molar-refractivity contribution in [2.75, 3.05) is 26.2 Å².